The molecule has 0 bridgehead atoms. The van der Waals surface area contributed by atoms with Crippen molar-refractivity contribution >= 4 is 12.0 Å². The van der Waals surface area contributed by atoms with E-state index in [2.05, 4.69) is 6.92 Å². The number of amides is 2. The summed E-state index contributed by atoms with van der Waals surface area (Å²) in [4.78, 5) is 27.2. The fourth-order valence-corrected chi connectivity index (χ4v) is 3.42. The second-order valence-corrected chi connectivity index (χ2v) is 6.20. The molecule has 0 saturated carbocycles. The maximum atomic E-state index is 12.6. The number of likely N-dealkylation sites (tertiary alicyclic amines) is 2. The van der Waals surface area contributed by atoms with Gasteiger partial charge in [0.25, 0.3) is 0 Å². The van der Waals surface area contributed by atoms with E-state index < -0.39 is 5.97 Å². The molecule has 2 amide bonds. The van der Waals surface area contributed by atoms with E-state index in [1.54, 1.807) is 0 Å². The van der Waals surface area contributed by atoms with Crippen molar-refractivity contribution in [2.45, 2.75) is 45.4 Å². The van der Waals surface area contributed by atoms with Crippen LogP contribution in [-0.4, -0.2) is 53.1 Å². The number of piperidine rings is 2. The fraction of sp³-hybridized carbons (Fsp3) is 0.867. The number of carbonyl (C=O) groups excluding carboxylic acids is 1. The van der Waals surface area contributed by atoms with E-state index in [0.29, 0.717) is 12.5 Å². The molecule has 1 N–H and O–H groups in total. The van der Waals surface area contributed by atoms with Crippen molar-refractivity contribution in [2.75, 3.05) is 26.2 Å². The molecule has 2 unspecified atom stereocenters. The van der Waals surface area contributed by atoms with E-state index >= 15 is 0 Å². The van der Waals surface area contributed by atoms with Crippen LogP contribution in [0.1, 0.15) is 45.4 Å². The van der Waals surface area contributed by atoms with Gasteiger partial charge in [0, 0.05) is 32.6 Å². The van der Waals surface area contributed by atoms with Crippen molar-refractivity contribution < 1.29 is 14.7 Å². The maximum absolute atomic E-state index is 12.6. The third kappa shape index (κ3) is 3.87. The van der Waals surface area contributed by atoms with Crippen molar-refractivity contribution in [3.05, 3.63) is 0 Å². The molecule has 2 aliphatic heterocycles. The van der Waals surface area contributed by atoms with Crippen LogP contribution in [0.4, 0.5) is 4.79 Å². The van der Waals surface area contributed by atoms with E-state index in [-0.39, 0.29) is 18.4 Å². The molecule has 0 spiro atoms. The number of rotatable bonds is 3. The molecule has 114 valence electrons. The monoisotopic (exact) mass is 282 g/mol. The number of carboxylic acids is 1. The normalized spacial score (nSPS) is 27.4. The minimum absolute atomic E-state index is 0.122. The van der Waals surface area contributed by atoms with Crippen molar-refractivity contribution in [1.82, 2.24) is 9.80 Å². The summed E-state index contributed by atoms with van der Waals surface area (Å²) in [5.41, 5.74) is 0. The average molecular weight is 282 g/mol. The van der Waals surface area contributed by atoms with Crippen LogP contribution >= 0.6 is 0 Å². The number of aliphatic carboxylic acids is 1. The fourth-order valence-electron chi connectivity index (χ4n) is 3.42. The van der Waals surface area contributed by atoms with Gasteiger partial charge in [-0.15, -0.1) is 0 Å². The van der Waals surface area contributed by atoms with Gasteiger partial charge >= 0.3 is 12.0 Å². The van der Waals surface area contributed by atoms with Crippen LogP contribution in [0.5, 0.6) is 0 Å². The highest BCUT2D eigenvalue weighted by Gasteiger charge is 2.30. The predicted octanol–water partition coefficient (Wildman–Crippen LogP) is 2.42. The van der Waals surface area contributed by atoms with Crippen molar-refractivity contribution in [3.8, 4) is 0 Å². The van der Waals surface area contributed by atoms with Crippen molar-refractivity contribution in [1.29, 1.82) is 0 Å². The van der Waals surface area contributed by atoms with Gasteiger partial charge in [-0.05, 0) is 37.5 Å². The van der Waals surface area contributed by atoms with Gasteiger partial charge < -0.3 is 14.9 Å². The lowest BCUT2D eigenvalue weighted by Crippen LogP contribution is -2.50. The van der Waals surface area contributed by atoms with E-state index in [0.717, 1.165) is 45.3 Å². The molecule has 0 aromatic carbocycles. The number of carbonyl (C=O) groups is 2. The topological polar surface area (TPSA) is 60.9 Å². The Morgan fingerprint density at radius 1 is 1.05 bits per heavy atom. The molecule has 2 rings (SSSR count). The van der Waals surface area contributed by atoms with Gasteiger partial charge in [-0.2, -0.15) is 0 Å². The molecule has 2 aliphatic rings. The van der Waals surface area contributed by atoms with Gasteiger partial charge in [0.15, 0.2) is 0 Å². The second-order valence-electron chi connectivity index (χ2n) is 6.20. The lowest BCUT2D eigenvalue weighted by Gasteiger charge is -2.39. The van der Waals surface area contributed by atoms with Crippen LogP contribution in [0, 0.1) is 11.8 Å². The zero-order chi connectivity index (χ0) is 14.5. The lowest BCUT2D eigenvalue weighted by molar-refractivity contribution is -0.138. The number of hydrogen-bond donors (Lipinski definition) is 1. The highest BCUT2D eigenvalue weighted by molar-refractivity contribution is 5.75. The molecular formula is C15H26N2O3. The summed E-state index contributed by atoms with van der Waals surface area (Å²) in [7, 11) is 0. The molecular weight excluding hydrogens is 256 g/mol. The van der Waals surface area contributed by atoms with Crippen LogP contribution in [0.3, 0.4) is 0 Å². The van der Waals surface area contributed by atoms with Gasteiger partial charge in [0.1, 0.15) is 0 Å². The van der Waals surface area contributed by atoms with Crippen LogP contribution in [0.25, 0.3) is 0 Å². The Morgan fingerprint density at radius 2 is 1.60 bits per heavy atom. The zero-order valence-corrected chi connectivity index (χ0v) is 12.4. The number of carboxylic acid groups (broad SMARTS) is 1. The summed E-state index contributed by atoms with van der Waals surface area (Å²) in [5.74, 6) is -0.00223. The molecule has 2 saturated heterocycles. The molecule has 2 heterocycles. The van der Waals surface area contributed by atoms with Crippen LogP contribution in [-0.2, 0) is 4.79 Å². The standard InChI is InChI=1S/C15H26N2O3/c1-2-12-5-3-7-16(10-12)15(20)17-8-4-6-13(11-17)9-14(18)19/h12-13H,2-11H2,1H3,(H,18,19). The van der Waals surface area contributed by atoms with Crippen LogP contribution in [0.2, 0.25) is 0 Å². The predicted molar refractivity (Wildman–Crippen MR) is 76.5 cm³/mol. The highest BCUT2D eigenvalue weighted by atomic mass is 16.4. The summed E-state index contributed by atoms with van der Waals surface area (Å²) in [5, 5.41) is 8.89. The number of hydrogen-bond acceptors (Lipinski definition) is 2. The molecule has 0 radical (unpaired) electrons. The highest BCUT2D eigenvalue weighted by Crippen LogP contribution is 2.24. The van der Waals surface area contributed by atoms with Gasteiger partial charge in [-0.25, -0.2) is 4.79 Å². The Bertz CT molecular complexity index is 359. The van der Waals surface area contributed by atoms with Gasteiger partial charge in [0.2, 0.25) is 0 Å². The maximum Gasteiger partial charge on any atom is 0.320 e. The quantitative estimate of drug-likeness (QED) is 0.864. The van der Waals surface area contributed by atoms with Gasteiger partial charge in [0.05, 0.1) is 0 Å². The summed E-state index contributed by atoms with van der Waals surface area (Å²) in [6.45, 7) is 5.30. The summed E-state index contributed by atoms with van der Waals surface area (Å²) >= 11 is 0. The molecule has 5 heteroatoms. The minimum Gasteiger partial charge on any atom is -0.481 e. The Morgan fingerprint density at radius 3 is 2.15 bits per heavy atom. The molecule has 0 aromatic heterocycles. The molecule has 0 aliphatic carbocycles. The van der Waals surface area contributed by atoms with Crippen LogP contribution < -0.4 is 0 Å². The summed E-state index contributed by atoms with van der Waals surface area (Å²) in [6, 6.07) is 0.123. The van der Waals surface area contributed by atoms with E-state index in [9.17, 15) is 9.59 Å². The first kappa shape index (κ1) is 15.1. The first-order chi connectivity index (χ1) is 9.60. The smallest absolute Gasteiger partial charge is 0.320 e. The Hall–Kier alpha value is -1.26. The first-order valence-electron chi connectivity index (χ1n) is 7.85. The van der Waals surface area contributed by atoms with E-state index in [4.69, 9.17) is 5.11 Å². The third-order valence-electron chi connectivity index (χ3n) is 4.62. The molecule has 2 atom stereocenters. The summed E-state index contributed by atoms with van der Waals surface area (Å²) in [6.07, 6.45) is 5.48. The van der Waals surface area contributed by atoms with Gasteiger partial charge in [-0.3, -0.25) is 4.79 Å². The minimum atomic E-state index is -0.756. The SMILES string of the molecule is CCC1CCCN(C(=O)N2CCCC(CC(=O)O)C2)C1. The molecule has 5 nitrogen and oxygen atoms in total. The second kappa shape index (κ2) is 6.95. The van der Waals surface area contributed by atoms with E-state index in [1.807, 2.05) is 9.80 Å². The molecule has 0 aromatic rings. The largest absolute Gasteiger partial charge is 0.481 e. The number of urea groups is 1. The lowest BCUT2D eigenvalue weighted by atomic mass is 9.94. The van der Waals surface area contributed by atoms with E-state index in [1.165, 1.54) is 6.42 Å². The molecule has 2 fully saturated rings. The summed E-state index contributed by atoms with van der Waals surface area (Å²) < 4.78 is 0. The van der Waals surface area contributed by atoms with Gasteiger partial charge in [-0.1, -0.05) is 13.3 Å². The Kier molecular flexibility index (Phi) is 5.26. The van der Waals surface area contributed by atoms with Crippen molar-refractivity contribution in [2.24, 2.45) is 11.8 Å². The average Bonchev–Trinajstić information content (AvgIpc) is 2.46. The van der Waals surface area contributed by atoms with Crippen molar-refractivity contribution in [3.63, 3.8) is 0 Å². The van der Waals surface area contributed by atoms with Crippen LogP contribution in [0.15, 0.2) is 0 Å². The molecule has 20 heavy (non-hydrogen) atoms. The third-order valence-corrected chi connectivity index (χ3v) is 4.62. The Balaban J connectivity index is 1.89. The zero-order valence-electron chi connectivity index (χ0n) is 12.4. The first-order valence-corrected chi connectivity index (χ1v) is 7.85. The Labute approximate surface area is 120 Å². The number of nitrogens with zero attached hydrogens (tertiary/aromatic N) is 2.